The SMILES string of the molecule is NC1C[C@H]2CC[C@@H](C1)N2c1ccccc1. The number of piperidine rings is 1. The quantitative estimate of drug-likeness (QED) is 0.756. The van der Waals surface area contributed by atoms with Crippen molar-refractivity contribution in [3.63, 3.8) is 0 Å². The van der Waals surface area contributed by atoms with Gasteiger partial charge in [-0.2, -0.15) is 0 Å². The summed E-state index contributed by atoms with van der Waals surface area (Å²) in [4.78, 5) is 2.60. The van der Waals surface area contributed by atoms with Crippen molar-refractivity contribution in [1.82, 2.24) is 0 Å². The molecule has 2 nitrogen and oxygen atoms in total. The summed E-state index contributed by atoms with van der Waals surface area (Å²) >= 11 is 0. The molecular formula is C13H18N2. The molecule has 80 valence electrons. The second-order valence-electron chi connectivity index (χ2n) is 4.86. The van der Waals surface area contributed by atoms with Gasteiger partial charge < -0.3 is 10.6 Å². The zero-order valence-electron chi connectivity index (χ0n) is 8.97. The largest absolute Gasteiger partial charge is 0.365 e. The molecule has 2 aliphatic heterocycles. The summed E-state index contributed by atoms with van der Waals surface area (Å²) in [7, 11) is 0. The van der Waals surface area contributed by atoms with E-state index >= 15 is 0 Å². The lowest BCUT2D eigenvalue weighted by Crippen LogP contribution is -2.47. The molecule has 2 saturated heterocycles. The number of benzene rings is 1. The van der Waals surface area contributed by atoms with Gasteiger partial charge in [-0.3, -0.25) is 0 Å². The van der Waals surface area contributed by atoms with Crippen molar-refractivity contribution in [1.29, 1.82) is 0 Å². The van der Waals surface area contributed by atoms with Crippen LogP contribution >= 0.6 is 0 Å². The van der Waals surface area contributed by atoms with E-state index in [4.69, 9.17) is 5.73 Å². The Kier molecular flexibility index (Phi) is 2.17. The van der Waals surface area contributed by atoms with Crippen LogP contribution in [0.15, 0.2) is 30.3 Å². The van der Waals surface area contributed by atoms with E-state index in [0.717, 1.165) is 0 Å². The third-order valence-corrected chi connectivity index (χ3v) is 3.82. The van der Waals surface area contributed by atoms with E-state index in [1.54, 1.807) is 0 Å². The molecule has 3 atom stereocenters. The maximum atomic E-state index is 6.07. The molecule has 0 spiro atoms. The van der Waals surface area contributed by atoms with Crippen LogP contribution < -0.4 is 10.6 Å². The Morgan fingerprint density at radius 2 is 1.60 bits per heavy atom. The van der Waals surface area contributed by atoms with Gasteiger partial charge in [0.2, 0.25) is 0 Å². The lowest BCUT2D eigenvalue weighted by molar-refractivity contribution is 0.414. The van der Waals surface area contributed by atoms with E-state index in [1.165, 1.54) is 31.4 Å². The van der Waals surface area contributed by atoms with Crippen molar-refractivity contribution >= 4 is 5.69 Å². The normalized spacial score (nSPS) is 34.5. The molecule has 1 aromatic rings. The topological polar surface area (TPSA) is 29.3 Å². The van der Waals surface area contributed by atoms with Gasteiger partial charge >= 0.3 is 0 Å². The first-order valence-electron chi connectivity index (χ1n) is 5.93. The maximum Gasteiger partial charge on any atom is 0.0371 e. The van der Waals surface area contributed by atoms with Crippen LogP contribution in [0.3, 0.4) is 0 Å². The fourth-order valence-electron chi connectivity index (χ4n) is 3.24. The van der Waals surface area contributed by atoms with Gasteiger partial charge in [0.15, 0.2) is 0 Å². The first kappa shape index (κ1) is 9.22. The minimum absolute atomic E-state index is 0.433. The highest BCUT2D eigenvalue weighted by atomic mass is 15.2. The molecule has 0 saturated carbocycles. The van der Waals surface area contributed by atoms with Gasteiger partial charge in [-0.15, -0.1) is 0 Å². The number of hydrogen-bond donors (Lipinski definition) is 1. The lowest BCUT2D eigenvalue weighted by atomic mass is 9.97. The Balaban J connectivity index is 1.89. The first-order valence-corrected chi connectivity index (χ1v) is 5.93. The van der Waals surface area contributed by atoms with Gasteiger partial charge in [-0.05, 0) is 37.8 Å². The van der Waals surface area contributed by atoms with Crippen molar-refractivity contribution in [2.24, 2.45) is 5.73 Å². The van der Waals surface area contributed by atoms with Crippen molar-refractivity contribution in [2.45, 2.75) is 43.8 Å². The molecule has 2 bridgehead atoms. The predicted octanol–water partition coefficient (Wildman–Crippen LogP) is 2.15. The maximum absolute atomic E-state index is 6.07. The molecule has 15 heavy (non-hydrogen) atoms. The fourth-order valence-corrected chi connectivity index (χ4v) is 3.24. The molecule has 2 N–H and O–H groups in total. The molecule has 0 aromatic heterocycles. The third kappa shape index (κ3) is 1.53. The Bertz CT molecular complexity index is 322. The molecule has 1 aromatic carbocycles. The Labute approximate surface area is 91.1 Å². The minimum atomic E-state index is 0.433. The average Bonchev–Trinajstić information content (AvgIpc) is 2.53. The highest BCUT2D eigenvalue weighted by Crippen LogP contribution is 2.38. The molecule has 2 heterocycles. The van der Waals surface area contributed by atoms with Gasteiger partial charge in [-0.25, -0.2) is 0 Å². The summed E-state index contributed by atoms with van der Waals surface area (Å²) in [6, 6.07) is 12.6. The molecule has 2 fully saturated rings. The summed E-state index contributed by atoms with van der Waals surface area (Å²) < 4.78 is 0. The van der Waals surface area contributed by atoms with Crippen LogP contribution in [0.4, 0.5) is 5.69 Å². The van der Waals surface area contributed by atoms with Crippen LogP contribution in [0.25, 0.3) is 0 Å². The zero-order valence-corrected chi connectivity index (χ0v) is 8.97. The third-order valence-electron chi connectivity index (χ3n) is 3.82. The number of fused-ring (bicyclic) bond motifs is 2. The average molecular weight is 202 g/mol. The van der Waals surface area contributed by atoms with E-state index < -0.39 is 0 Å². The molecule has 0 aliphatic carbocycles. The van der Waals surface area contributed by atoms with Crippen molar-refractivity contribution in [2.75, 3.05) is 4.90 Å². The van der Waals surface area contributed by atoms with E-state index in [1.807, 2.05) is 0 Å². The molecule has 2 heteroatoms. The van der Waals surface area contributed by atoms with Gasteiger partial charge in [0.1, 0.15) is 0 Å². The van der Waals surface area contributed by atoms with Crippen LogP contribution in [0.2, 0.25) is 0 Å². The van der Waals surface area contributed by atoms with Crippen LogP contribution in [-0.2, 0) is 0 Å². The summed E-state index contributed by atoms with van der Waals surface area (Å²) in [6.07, 6.45) is 5.00. The van der Waals surface area contributed by atoms with Gasteiger partial charge in [0.25, 0.3) is 0 Å². The molecule has 0 radical (unpaired) electrons. The lowest BCUT2D eigenvalue weighted by Gasteiger charge is -2.39. The summed E-state index contributed by atoms with van der Waals surface area (Å²) in [5.41, 5.74) is 7.46. The standard InChI is InChI=1S/C13H18N2/c14-10-8-12-6-7-13(9-10)15(12)11-4-2-1-3-5-11/h1-5,10,12-13H,6-9,14H2/t10?,12-,13+. The van der Waals surface area contributed by atoms with Crippen molar-refractivity contribution in [3.05, 3.63) is 30.3 Å². The van der Waals surface area contributed by atoms with Crippen molar-refractivity contribution < 1.29 is 0 Å². The summed E-state index contributed by atoms with van der Waals surface area (Å²) in [5, 5.41) is 0. The fraction of sp³-hybridized carbons (Fsp3) is 0.538. The number of anilines is 1. The minimum Gasteiger partial charge on any atom is -0.365 e. The van der Waals surface area contributed by atoms with Crippen LogP contribution in [-0.4, -0.2) is 18.1 Å². The summed E-state index contributed by atoms with van der Waals surface area (Å²) in [5.74, 6) is 0. The van der Waals surface area contributed by atoms with E-state index in [9.17, 15) is 0 Å². The second-order valence-corrected chi connectivity index (χ2v) is 4.86. The van der Waals surface area contributed by atoms with E-state index in [0.29, 0.717) is 18.1 Å². The number of nitrogens with two attached hydrogens (primary N) is 1. The van der Waals surface area contributed by atoms with Crippen LogP contribution in [0, 0.1) is 0 Å². The first-order chi connectivity index (χ1) is 7.34. The molecular weight excluding hydrogens is 184 g/mol. The smallest absolute Gasteiger partial charge is 0.0371 e. The molecule has 0 amide bonds. The zero-order chi connectivity index (χ0) is 10.3. The predicted molar refractivity (Wildman–Crippen MR) is 62.9 cm³/mol. The Morgan fingerprint density at radius 3 is 2.20 bits per heavy atom. The van der Waals surface area contributed by atoms with Gasteiger partial charge in [0.05, 0.1) is 0 Å². The highest BCUT2D eigenvalue weighted by molar-refractivity contribution is 5.50. The molecule has 2 aliphatic rings. The highest BCUT2D eigenvalue weighted by Gasteiger charge is 2.39. The monoisotopic (exact) mass is 202 g/mol. The Hall–Kier alpha value is -1.02. The van der Waals surface area contributed by atoms with Crippen LogP contribution in [0.1, 0.15) is 25.7 Å². The van der Waals surface area contributed by atoms with Crippen LogP contribution in [0.5, 0.6) is 0 Å². The molecule has 3 rings (SSSR count). The Morgan fingerprint density at radius 1 is 1.00 bits per heavy atom. The van der Waals surface area contributed by atoms with Gasteiger partial charge in [-0.1, -0.05) is 18.2 Å². The second kappa shape index (κ2) is 3.53. The van der Waals surface area contributed by atoms with E-state index in [2.05, 4.69) is 35.2 Å². The number of nitrogens with zero attached hydrogens (tertiary/aromatic N) is 1. The number of rotatable bonds is 1. The number of hydrogen-bond acceptors (Lipinski definition) is 2. The van der Waals surface area contributed by atoms with Crippen molar-refractivity contribution in [3.8, 4) is 0 Å². The van der Waals surface area contributed by atoms with E-state index in [-0.39, 0.29) is 0 Å². The molecule has 1 unspecified atom stereocenters. The van der Waals surface area contributed by atoms with Gasteiger partial charge in [0, 0.05) is 23.8 Å². The number of para-hydroxylation sites is 1. The summed E-state index contributed by atoms with van der Waals surface area (Å²) in [6.45, 7) is 0.